The highest BCUT2D eigenvalue weighted by molar-refractivity contribution is 5.98. The zero-order valence-electron chi connectivity index (χ0n) is 43.7. The fraction of sp³-hybridized carbons (Fsp3) is 0.520. The van der Waals surface area contributed by atoms with Gasteiger partial charge in [0, 0.05) is 19.4 Å². The first-order valence-corrected chi connectivity index (χ1v) is 24.8. The van der Waals surface area contributed by atoms with Crippen LogP contribution in [0.3, 0.4) is 0 Å². The molecule has 27 heteroatoms. The lowest BCUT2D eigenvalue weighted by molar-refractivity contribution is -0.144. The Morgan fingerprint density at radius 2 is 1.03 bits per heavy atom. The average Bonchev–Trinajstić information content (AvgIpc) is 3.34. The van der Waals surface area contributed by atoms with Crippen LogP contribution in [0.1, 0.15) is 90.7 Å². The molecule has 27 nitrogen and oxygen atoms in total. The van der Waals surface area contributed by atoms with Gasteiger partial charge in [-0.05, 0) is 80.5 Å². The lowest BCUT2D eigenvalue weighted by Gasteiger charge is -2.27. The van der Waals surface area contributed by atoms with E-state index in [1.165, 1.54) is 31.2 Å². The average molecular weight is 1080 g/mol. The van der Waals surface area contributed by atoms with Crippen LogP contribution >= 0.6 is 0 Å². The highest BCUT2D eigenvalue weighted by Gasteiger charge is 2.34. The Kier molecular flexibility index (Phi) is 27.6. The van der Waals surface area contributed by atoms with E-state index >= 15 is 0 Å². The third-order valence-electron chi connectivity index (χ3n) is 11.4. The van der Waals surface area contributed by atoms with Gasteiger partial charge >= 0.3 is 17.9 Å². The van der Waals surface area contributed by atoms with Crippen LogP contribution in [-0.4, -0.2) is 153 Å². The van der Waals surface area contributed by atoms with Gasteiger partial charge in [0.25, 0.3) is 0 Å². The van der Waals surface area contributed by atoms with Gasteiger partial charge in [0.15, 0.2) is 5.96 Å². The van der Waals surface area contributed by atoms with Crippen LogP contribution in [0.15, 0.2) is 59.6 Å². The molecule has 0 aliphatic rings. The predicted octanol–water partition coefficient (Wildman–Crippen LogP) is -2.40. The van der Waals surface area contributed by atoms with Gasteiger partial charge in [-0.1, -0.05) is 70.2 Å². The number of aliphatic carboxylic acids is 3. The number of phenolic OH excluding ortho intramolecular Hbond substituents is 1. The van der Waals surface area contributed by atoms with E-state index in [4.69, 9.17) is 17.2 Å². The number of carbonyl (C=O) groups excluding carboxylic acids is 8. The number of hydrogen-bond donors (Lipinski definition) is 15. The van der Waals surface area contributed by atoms with Crippen molar-refractivity contribution < 1.29 is 73.2 Å². The molecule has 2 rings (SSSR count). The number of carbonyl (C=O) groups is 11. The second kappa shape index (κ2) is 32.8. The van der Waals surface area contributed by atoms with E-state index in [0.717, 1.165) is 5.56 Å². The number of aliphatic imine (C=N–C) groups is 1. The maximum absolute atomic E-state index is 14.2. The molecule has 0 aliphatic heterocycles. The number of nitrogens with one attached hydrogen (secondary N) is 8. The van der Waals surface area contributed by atoms with Crippen LogP contribution in [0.4, 0.5) is 0 Å². The molecule has 18 N–H and O–H groups in total. The summed E-state index contributed by atoms with van der Waals surface area (Å²) >= 11 is 0. The number of nitrogens with zero attached hydrogens (tertiary/aromatic N) is 1. The number of phenols is 1. The minimum atomic E-state index is -1.72. The minimum Gasteiger partial charge on any atom is -0.508 e. The number of aromatic hydroxyl groups is 1. The summed E-state index contributed by atoms with van der Waals surface area (Å²) in [5.74, 6) is -12.6. The Hall–Kier alpha value is -8.36. The number of guanidine groups is 1. The molecule has 0 saturated heterocycles. The molecule has 0 radical (unpaired) electrons. The molecular formula is C50H74N12O15. The normalized spacial score (nSPS) is 14.1. The maximum Gasteiger partial charge on any atom is 0.326 e. The number of carboxylic acid groups (broad SMARTS) is 3. The molecule has 0 saturated carbocycles. The predicted molar refractivity (Wildman–Crippen MR) is 278 cm³/mol. The van der Waals surface area contributed by atoms with Crippen molar-refractivity contribution in [1.29, 1.82) is 0 Å². The number of carboxylic acids is 3. The number of benzene rings is 2. The highest BCUT2D eigenvalue weighted by Crippen LogP contribution is 2.14. The van der Waals surface area contributed by atoms with E-state index in [1.54, 1.807) is 58.0 Å². The molecule has 0 heterocycles. The Morgan fingerprint density at radius 1 is 0.532 bits per heavy atom. The van der Waals surface area contributed by atoms with Crippen LogP contribution in [-0.2, 0) is 65.6 Å². The van der Waals surface area contributed by atoms with Gasteiger partial charge in [-0.3, -0.25) is 52.9 Å². The number of amides is 8. The Labute approximate surface area is 445 Å². The standard InChI is InChI=1S/C50H74N12O15/c1-26(2)20-35(46(73)56-28(5)42(69)55-25-39(64)57-37(24-41(67)68)48(75)62-38(49(76)77)21-27(3)4)61-45(72)34(17-18-40(65)66)59-44(71)33(12-9-19-54-50(52)53)58-47(74)36(23-30-13-15-31(63)16-14-30)60-43(70)32(51)22-29-10-7-6-8-11-29/h6-8,10-11,13-16,26-28,32-38,63H,9,12,17-25,51H2,1-5H3,(H,55,69)(H,56,73)(H,57,64)(H,58,74)(H,59,71)(H,60,70)(H,61,72)(H,62,75)(H,65,66)(H,67,68)(H,76,77)(H4,52,53,54)/t28-,32-,33-,34-,35-,36-,37-,38-/m0/s1. The van der Waals surface area contributed by atoms with E-state index in [1.807, 2.05) is 0 Å². The van der Waals surface area contributed by atoms with Crippen LogP contribution in [0, 0.1) is 11.8 Å². The summed E-state index contributed by atoms with van der Waals surface area (Å²) in [6.07, 6.45) is -2.22. The van der Waals surface area contributed by atoms with Gasteiger partial charge < -0.3 is 80.2 Å². The molecule has 2 aromatic carbocycles. The fourth-order valence-corrected chi connectivity index (χ4v) is 7.44. The topological polar surface area (TPSA) is 455 Å². The summed E-state index contributed by atoms with van der Waals surface area (Å²) in [7, 11) is 0. The third kappa shape index (κ3) is 25.6. The molecule has 2 aromatic rings. The monoisotopic (exact) mass is 1080 g/mol. The Morgan fingerprint density at radius 3 is 1.57 bits per heavy atom. The van der Waals surface area contributed by atoms with Crippen LogP contribution < -0.4 is 59.7 Å². The van der Waals surface area contributed by atoms with E-state index < -0.39 is 139 Å². The van der Waals surface area contributed by atoms with Crippen LogP contribution in [0.5, 0.6) is 5.75 Å². The Bertz CT molecular complexity index is 2380. The van der Waals surface area contributed by atoms with Gasteiger partial charge in [0.05, 0.1) is 19.0 Å². The largest absolute Gasteiger partial charge is 0.508 e. The van der Waals surface area contributed by atoms with Crippen molar-refractivity contribution in [2.24, 2.45) is 34.0 Å². The van der Waals surface area contributed by atoms with Crippen LogP contribution in [0.25, 0.3) is 0 Å². The first kappa shape index (κ1) is 64.8. The van der Waals surface area contributed by atoms with Gasteiger partial charge in [-0.15, -0.1) is 0 Å². The van der Waals surface area contributed by atoms with Crippen molar-refractivity contribution >= 4 is 71.1 Å². The number of hydrogen-bond acceptors (Lipinski definition) is 14. The SMILES string of the molecule is CC(C)C[C@H](NC(=O)[C@H](CC(=O)O)NC(=O)CNC(=O)[C@H](C)NC(=O)[C@H](CC(C)C)NC(=O)[C@H](CCC(=O)O)NC(=O)[C@H](CCCN=C(N)N)NC(=O)[C@H](Cc1ccc(O)cc1)NC(=O)[C@@H](N)Cc1ccccc1)C(=O)O. The minimum absolute atomic E-state index is 0.00604. The van der Waals surface area contributed by atoms with Crippen LogP contribution in [0.2, 0.25) is 0 Å². The first-order chi connectivity index (χ1) is 36.1. The van der Waals surface area contributed by atoms with E-state index in [0.29, 0.717) is 5.56 Å². The number of nitrogens with two attached hydrogens (primary N) is 3. The van der Waals surface area contributed by atoms with E-state index in [2.05, 4.69) is 47.5 Å². The van der Waals surface area contributed by atoms with Gasteiger partial charge in [0.1, 0.15) is 48.0 Å². The summed E-state index contributed by atoms with van der Waals surface area (Å²) in [5, 5.41) is 57.5. The molecule has 0 unspecified atom stereocenters. The van der Waals surface area contributed by atoms with E-state index in [-0.39, 0.29) is 68.6 Å². The van der Waals surface area contributed by atoms with Crippen molar-refractivity contribution in [3.8, 4) is 5.75 Å². The van der Waals surface area contributed by atoms with Crippen molar-refractivity contribution in [3.63, 3.8) is 0 Å². The molecule has 0 aliphatic carbocycles. The number of rotatable bonds is 34. The third-order valence-corrected chi connectivity index (χ3v) is 11.4. The molecule has 8 atom stereocenters. The van der Waals surface area contributed by atoms with Gasteiger partial charge in [0.2, 0.25) is 47.3 Å². The van der Waals surface area contributed by atoms with E-state index in [9.17, 15) is 73.2 Å². The summed E-state index contributed by atoms with van der Waals surface area (Å²) in [6, 6.07) is 3.19. The lowest BCUT2D eigenvalue weighted by atomic mass is 10.0. The quantitative estimate of drug-likeness (QED) is 0.0197. The summed E-state index contributed by atoms with van der Waals surface area (Å²) in [4.78, 5) is 147. The van der Waals surface area contributed by atoms with Gasteiger partial charge in [-0.2, -0.15) is 0 Å². The van der Waals surface area contributed by atoms with Crippen molar-refractivity contribution in [3.05, 3.63) is 65.7 Å². The molecule has 77 heavy (non-hydrogen) atoms. The van der Waals surface area contributed by atoms with Crippen molar-refractivity contribution in [2.75, 3.05) is 13.1 Å². The fourth-order valence-electron chi connectivity index (χ4n) is 7.44. The lowest BCUT2D eigenvalue weighted by Crippen LogP contribution is -2.60. The maximum atomic E-state index is 14.2. The molecule has 8 amide bonds. The highest BCUT2D eigenvalue weighted by atomic mass is 16.4. The molecule has 0 spiro atoms. The first-order valence-electron chi connectivity index (χ1n) is 24.8. The molecule has 0 fully saturated rings. The van der Waals surface area contributed by atoms with Gasteiger partial charge in [-0.25, -0.2) is 4.79 Å². The Balaban J connectivity index is 2.31. The second-order valence-corrected chi connectivity index (χ2v) is 19.1. The zero-order valence-corrected chi connectivity index (χ0v) is 43.7. The van der Waals surface area contributed by atoms with Crippen molar-refractivity contribution in [2.45, 2.75) is 141 Å². The molecular weight excluding hydrogens is 1010 g/mol. The molecule has 0 bridgehead atoms. The summed E-state index contributed by atoms with van der Waals surface area (Å²) in [6.45, 7) is 7.23. The van der Waals surface area contributed by atoms with Crippen molar-refractivity contribution in [1.82, 2.24) is 42.5 Å². The zero-order chi connectivity index (χ0) is 57.9. The summed E-state index contributed by atoms with van der Waals surface area (Å²) < 4.78 is 0. The molecule has 0 aromatic heterocycles. The molecule has 424 valence electrons. The summed E-state index contributed by atoms with van der Waals surface area (Å²) in [5.41, 5.74) is 18.5. The smallest absolute Gasteiger partial charge is 0.326 e. The second-order valence-electron chi connectivity index (χ2n) is 19.1.